The van der Waals surface area contributed by atoms with Crippen LogP contribution >= 0.6 is 11.6 Å². The van der Waals surface area contributed by atoms with E-state index in [9.17, 15) is 13.2 Å². The van der Waals surface area contributed by atoms with Gasteiger partial charge in [-0.1, -0.05) is 36.7 Å². The summed E-state index contributed by atoms with van der Waals surface area (Å²) in [6, 6.07) is 12.1. The van der Waals surface area contributed by atoms with Crippen LogP contribution in [0.25, 0.3) is 0 Å². The fourth-order valence-corrected chi connectivity index (χ4v) is 11.9. The van der Waals surface area contributed by atoms with Gasteiger partial charge in [0, 0.05) is 75.0 Å². The Labute approximate surface area is 320 Å². The molecule has 2 aromatic carbocycles. The molecule has 2 bridgehead atoms. The first-order chi connectivity index (χ1) is 25.6. The number of hydrogen-bond donors (Lipinski definition) is 1. The van der Waals surface area contributed by atoms with Crippen LogP contribution in [0.15, 0.2) is 48.6 Å². The summed E-state index contributed by atoms with van der Waals surface area (Å²) < 4.78 is 49.0. The number of methoxy groups -OCH3 is 1. The smallest absolute Gasteiger partial charge is 0.264 e. The predicted octanol–water partition coefficient (Wildman–Crippen LogP) is 5.43. The Kier molecular flexibility index (Phi) is 10.6. The van der Waals surface area contributed by atoms with Crippen LogP contribution in [0, 0.1) is 11.8 Å². The third kappa shape index (κ3) is 7.27. The fraction of sp³-hybridized carbons (Fsp3) is 0.634. The van der Waals surface area contributed by atoms with Crippen LogP contribution in [0.2, 0.25) is 5.02 Å². The number of nitrogens with zero attached hydrogens (tertiary/aromatic N) is 3. The lowest BCUT2D eigenvalue weighted by molar-refractivity contribution is -0.108. The molecule has 12 heteroatoms. The summed E-state index contributed by atoms with van der Waals surface area (Å²) in [5.74, 6) is 0.713. The normalized spacial score (nSPS) is 34.0. The quantitative estimate of drug-likeness (QED) is 0.409. The third-order valence-electron chi connectivity index (χ3n) is 13.4. The van der Waals surface area contributed by atoms with Crippen LogP contribution < -0.4 is 14.4 Å². The number of halogens is 1. The molecule has 53 heavy (non-hydrogen) atoms. The number of rotatable bonds is 4. The molecule has 6 aliphatic rings. The van der Waals surface area contributed by atoms with E-state index in [1.54, 1.807) is 6.07 Å². The number of allylic oxidation sites excluding steroid dienone is 1. The van der Waals surface area contributed by atoms with Crippen molar-refractivity contribution in [1.82, 2.24) is 14.5 Å². The van der Waals surface area contributed by atoms with Crippen molar-refractivity contribution in [2.24, 2.45) is 11.8 Å². The Bertz CT molecular complexity index is 1820. The van der Waals surface area contributed by atoms with E-state index in [1.807, 2.05) is 32.2 Å². The third-order valence-corrected chi connectivity index (χ3v) is 15.5. The van der Waals surface area contributed by atoms with Gasteiger partial charge in [-0.3, -0.25) is 14.6 Å². The molecule has 4 aliphatic heterocycles. The Balaban J connectivity index is 1.18. The minimum Gasteiger partial charge on any atom is -0.490 e. The number of carbonyl (C=O) groups is 1. The number of benzene rings is 2. The number of aryl methyl sites for hydroxylation is 1. The maximum atomic E-state index is 13.7. The van der Waals surface area contributed by atoms with Crippen LogP contribution in [-0.4, -0.2) is 114 Å². The predicted molar refractivity (Wildman–Crippen MR) is 208 cm³/mol. The molecule has 6 atom stereocenters. The molecular weight excluding hydrogens is 712 g/mol. The van der Waals surface area contributed by atoms with Crippen molar-refractivity contribution in [1.29, 1.82) is 0 Å². The van der Waals surface area contributed by atoms with Gasteiger partial charge in [0.05, 0.1) is 30.8 Å². The van der Waals surface area contributed by atoms with Gasteiger partial charge in [-0.15, -0.1) is 0 Å². The van der Waals surface area contributed by atoms with E-state index in [-0.39, 0.29) is 11.3 Å². The molecule has 4 heterocycles. The molecule has 1 N–H and O–H groups in total. The van der Waals surface area contributed by atoms with Gasteiger partial charge in [-0.05, 0) is 105 Å². The van der Waals surface area contributed by atoms with Gasteiger partial charge in [-0.2, -0.15) is 0 Å². The number of sulfonamides is 1. The Morgan fingerprint density at radius 3 is 2.77 bits per heavy atom. The monoisotopic (exact) mass is 766 g/mol. The minimum atomic E-state index is -3.92. The summed E-state index contributed by atoms with van der Waals surface area (Å²) in [5.41, 5.74) is 2.91. The standard InChI is InChI=1S/C41H55ClN4O6S/c1-3-34-8-4-5-16-41(50-2,27-44-17-18-45-19-20-51-25-33(45)24-44)36-12-9-31(36)23-46-26-40(15-6-7-29-21-32(42)11-13-35(29)40)28-52-38-14-10-30(22-37(38)46)39(47)43-53(34,48)49/h5,10-11,13-14,16,21-22,31,33-34,36H,3-4,6-9,12,15,17-20,23-28H2,1-2H3,(H,43,47)/b16-5+/t31-,33-,34+,36+,40-,41-/m0/s1. The van der Waals surface area contributed by atoms with E-state index >= 15 is 0 Å². The SMILES string of the molecule is CC[C@@H]1CC/C=C/[C@@](CN2CCN3CCOC[C@@H]3C2)(OC)[C@@H]2CC[C@H]2CN2C[C@@]3(CCCc4cc(Cl)ccc43)COc3ccc(cc32)C(=O)NS1(=O)=O. The molecule has 0 aromatic heterocycles. The van der Waals surface area contributed by atoms with Crippen LogP contribution in [0.5, 0.6) is 5.75 Å². The number of amides is 1. The second-order valence-electron chi connectivity index (χ2n) is 16.4. The van der Waals surface area contributed by atoms with Gasteiger partial charge >= 0.3 is 0 Å². The molecule has 0 radical (unpaired) electrons. The van der Waals surface area contributed by atoms with Crippen LogP contribution in [0.4, 0.5) is 5.69 Å². The highest BCUT2D eigenvalue weighted by molar-refractivity contribution is 7.90. The molecule has 1 amide bonds. The van der Waals surface area contributed by atoms with E-state index in [0.29, 0.717) is 43.4 Å². The fourth-order valence-electron chi connectivity index (χ4n) is 10.3. The van der Waals surface area contributed by atoms with Crippen molar-refractivity contribution < 1.29 is 27.4 Å². The zero-order valence-corrected chi connectivity index (χ0v) is 32.8. The Hall–Kier alpha value is -2.67. The van der Waals surface area contributed by atoms with Crippen molar-refractivity contribution >= 4 is 33.2 Å². The molecule has 10 nitrogen and oxygen atoms in total. The largest absolute Gasteiger partial charge is 0.490 e. The lowest BCUT2D eigenvalue weighted by Crippen LogP contribution is -2.62. The van der Waals surface area contributed by atoms with Gasteiger partial charge < -0.3 is 19.1 Å². The van der Waals surface area contributed by atoms with E-state index in [2.05, 4.69) is 43.7 Å². The number of carbonyl (C=O) groups excluding carboxylic acids is 1. The number of nitrogens with one attached hydrogen (secondary N) is 1. The van der Waals surface area contributed by atoms with Gasteiger partial charge in [0.25, 0.3) is 5.91 Å². The summed E-state index contributed by atoms with van der Waals surface area (Å²) in [5, 5.41) is 0.0513. The second-order valence-corrected chi connectivity index (χ2v) is 18.8. The van der Waals surface area contributed by atoms with Gasteiger partial charge in [0.1, 0.15) is 11.4 Å². The zero-order valence-electron chi connectivity index (χ0n) is 31.2. The molecule has 0 unspecified atom stereocenters. The first-order valence-electron chi connectivity index (χ1n) is 19.8. The van der Waals surface area contributed by atoms with Gasteiger partial charge in [-0.25, -0.2) is 13.1 Å². The number of fused-ring (bicyclic) bond motifs is 5. The summed E-state index contributed by atoms with van der Waals surface area (Å²) in [6.45, 7) is 10.2. The number of piperazine rings is 1. The van der Waals surface area contributed by atoms with Crippen molar-refractivity contribution in [2.45, 2.75) is 80.6 Å². The summed E-state index contributed by atoms with van der Waals surface area (Å²) in [6.07, 6.45) is 10.9. The number of hydrogen-bond acceptors (Lipinski definition) is 9. The summed E-state index contributed by atoms with van der Waals surface area (Å²) in [4.78, 5) is 21.2. The molecule has 1 spiro atoms. The first-order valence-corrected chi connectivity index (χ1v) is 21.7. The molecule has 2 aliphatic carbocycles. The van der Waals surface area contributed by atoms with E-state index < -0.39 is 26.8 Å². The van der Waals surface area contributed by atoms with Crippen LogP contribution in [0.3, 0.4) is 0 Å². The topological polar surface area (TPSA) is 101 Å². The van der Waals surface area contributed by atoms with Crippen molar-refractivity contribution in [2.75, 3.05) is 77.6 Å². The highest BCUT2D eigenvalue weighted by Gasteiger charge is 2.50. The van der Waals surface area contributed by atoms with E-state index in [0.717, 1.165) is 108 Å². The molecule has 3 fully saturated rings. The second kappa shape index (κ2) is 15.1. The highest BCUT2D eigenvalue weighted by Crippen LogP contribution is 2.49. The van der Waals surface area contributed by atoms with Gasteiger partial charge in [0.2, 0.25) is 10.0 Å². The lowest BCUT2D eigenvalue weighted by Gasteiger charge is -2.53. The minimum absolute atomic E-state index is 0.260. The average Bonchev–Trinajstić information content (AvgIpc) is 3.29. The van der Waals surface area contributed by atoms with Crippen molar-refractivity contribution in [3.63, 3.8) is 0 Å². The van der Waals surface area contributed by atoms with Gasteiger partial charge in [0.15, 0.2) is 0 Å². The Morgan fingerprint density at radius 1 is 1.08 bits per heavy atom. The van der Waals surface area contributed by atoms with Crippen LogP contribution in [-0.2, 0) is 31.3 Å². The summed E-state index contributed by atoms with van der Waals surface area (Å²) >= 11 is 6.51. The maximum Gasteiger partial charge on any atom is 0.264 e. The zero-order chi connectivity index (χ0) is 36.8. The molecule has 1 saturated carbocycles. The molecular formula is C41H55ClN4O6S. The average molecular weight is 767 g/mol. The first kappa shape index (κ1) is 37.3. The number of anilines is 1. The van der Waals surface area contributed by atoms with E-state index in [1.165, 1.54) is 11.1 Å². The lowest BCUT2D eigenvalue weighted by atomic mass is 9.63. The van der Waals surface area contributed by atoms with Crippen molar-refractivity contribution in [3.05, 3.63) is 70.3 Å². The van der Waals surface area contributed by atoms with E-state index in [4.69, 9.17) is 25.8 Å². The highest BCUT2D eigenvalue weighted by atomic mass is 35.5. The maximum absolute atomic E-state index is 13.7. The molecule has 2 saturated heterocycles. The summed E-state index contributed by atoms with van der Waals surface area (Å²) in [7, 11) is -2.07. The van der Waals surface area contributed by atoms with Crippen LogP contribution in [0.1, 0.15) is 73.4 Å². The molecule has 288 valence electrons. The Morgan fingerprint density at radius 2 is 1.96 bits per heavy atom. The van der Waals surface area contributed by atoms with Crippen molar-refractivity contribution in [3.8, 4) is 5.75 Å². The number of morpholine rings is 1. The molecule has 2 aromatic rings. The molecule has 8 rings (SSSR count). The number of ether oxygens (including phenoxy) is 3.